The van der Waals surface area contributed by atoms with Gasteiger partial charge < -0.3 is 4.74 Å². The molecule has 27 heavy (non-hydrogen) atoms. The molecule has 0 aromatic heterocycles. The largest absolute Gasteiger partial charge is 0.368 e. The molecule has 4 atom stereocenters. The van der Waals surface area contributed by atoms with Crippen LogP contribution in [0.15, 0.2) is 36.4 Å². The van der Waals surface area contributed by atoms with Crippen molar-refractivity contribution in [2.45, 2.75) is 44.8 Å². The zero-order valence-electron chi connectivity index (χ0n) is 15.7. The van der Waals surface area contributed by atoms with Crippen LogP contribution in [0.25, 0.3) is 10.8 Å². The fourth-order valence-electron chi connectivity index (χ4n) is 5.00. The molecule has 4 rings (SSSR count). The van der Waals surface area contributed by atoms with Crippen LogP contribution in [-0.4, -0.2) is 23.5 Å². The monoisotopic (exact) mass is 362 g/mol. The maximum atomic E-state index is 13.5. The number of amides is 2. The first-order valence-corrected chi connectivity index (χ1v) is 9.25. The molecule has 138 valence electrons. The molecule has 2 aliphatic heterocycles. The van der Waals surface area contributed by atoms with Gasteiger partial charge in [-0.1, -0.05) is 31.2 Å². The SMILES string of the molecule is C[C@H]1[C@@H](C(=O)N(C=O)c2ccc(C#N)c3ccccc23)C2(C)CCC1(C)O2. The maximum absolute atomic E-state index is 13.5. The molecule has 0 aliphatic carbocycles. The number of hydrogen-bond acceptors (Lipinski definition) is 4. The maximum Gasteiger partial charge on any atom is 0.239 e. The summed E-state index contributed by atoms with van der Waals surface area (Å²) < 4.78 is 6.24. The molecular formula is C22H22N2O3. The summed E-state index contributed by atoms with van der Waals surface area (Å²) in [6.07, 6.45) is 2.32. The van der Waals surface area contributed by atoms with E-state index in [-0.39, 0.29) is 23.3 Å². The molecule has 2 amide bonds. The molecule has 0 spiro atoms. The Bertz CT molecular complexity index is 995. The number of carbonyl (C=O) groups excluding carboxylic acids is 2. The normalized spacial score (nSPS) is 31.6. The minimum atomic E-state index is -0.547. The minimum Gasteiger partial charge on any atom is -0.368 e. The van der Waals surface area contributed by atoms with Crippen molar-refractivity contribution in [3.05, 3.63) is 42.0 Å². The molecule has 0 saturated carbocycles. The lowest BCUT2D eigenvalue weighted by molar-refractivity contribution is -0.130. The van der Waals surface area contributed by atoms with Crippen molar-refractivity contribution in [1.82, 2.24) is 0 Å². The van der Waals surface area contributed by atoms with Gasteiger partial charge in [0, 0.05) is 10.8 Å². The number of carbonyl (C=O) groups is 2. The van der Waals surface area contributed by atoms with Gasteiger partial charge in [0.2, 0.25) is 12.3 Å². The Labute approximate surface area is 158 Å². The third-order valence-electron chi connectivity index (χ3n) is 6.60. The molecule has 5 nitrogen and oxygen atoms in total. The smallest absolute Gasteiger partial charge is 0.239 e. The highest BCUT2D eigenvalue weighted by molar-refractivity contribution is 6.14. The molecule has 2 aromatic carbocycles. The van der Waals surface area contributed by atoms with Crippen molar-refractivity contribution >= 4 is 28.8 Å². The van der Waals surface area contributed by atoms with Crippen molar-refractivity contribution in [3.63, 3.8) is 0 Å². The van der Waals surface area contributed by atoms with E-state index in [0.717, 1.165) is 18.2 Å². The lowest BCUT2D eigenvalue weighted by atomic mass is 9.68. The highest BCUT2D eigenvalue weighted by Gasteiger charge is 2.64. The molecule has 0 N–H and O–H groups in total. The predicted octanol–water partition coefficient (Wildman–Crippen LogP) is 3.79. The fourth-order valence-corrected chi connectivity index (χ4v) is 5.00. The van der Waals surface area contributed by atoms with Gasteiger partial charge in [0.15, 0.2) is 0 Å². The van der Waals surface area contributed by atoms with Crippen molar-refractivity contribution < 1.29 is 14.3 Å². The number of hydrogen-bond donors (Lipinski definition) is 0. The van der Waals surface area contributed by atoms with E-state index in [4.69, 9.17) is 4.74 Å². The van der Waals surface area contributed by atoms with E-state index in [1.54, 1.807) is 12.1 Å². The van der Waals surface area contributed by atoms with Crippen LogP contribution in [0.4, 0.5) is 5.69 Å². The van der Waals surface area contributed by atoms with E-state index in [1.165, 1.54) is 4.90 Å². The molecule has 2 aromatic rings. The Kier molecular flexibility index (Phi) is 3.87. The summed E-state index contributed by atoms with van der Waals surface area (Å²) in [4.78, 5) is 26.7. The minimum absolute atomic E-state index is 0.0239. The number of rotatable bonds is 3. The van der Waals surface area contributed by atoms with Crippen molar-refractivity contribution in [2.24, 2.45) is 11.8 Å². The first kappa shape index (κ1) is 17.7. The molecule has 2 unspecified atom stereocenters. The summed E-state index contributed by atoms with van der Waals surface area (Å²) in [5.41, 5.74) is 0.155. The van der Waals surface area contributed by atoms with E-state index >= 15 is 0 Å². The lowest BCUT2D eigenvalue weighted by Gasteiger charge is -2.35. The highest BCUT2D eigenvalue weighted by Crippen LogP contribution is 2.57. The Hall–Kier alpha value is -2.71. The van der Waals surface area contributed by atoms with Gasteiger partial charge in [-0.2, -0.15) is 5.26 Å². The van der Waals surface area contributed by atoms with Crippen molar-refractivity contribution in [3.8, 4) is 6.07 Å². The molecular weight excluding hydrogens is 340 g/mol. The van der Waals surface area contributed by atoms with Gasteiger partial charge in [-0.15, -0.1) is 0 Å². The van der Waals surface area contributed by atoms with Crippen LogP contribution in [0.3, 0.4) is 0 Å². The fraction of sp³-hybridized carbons (Fsp3) is 0.409. The standard InChI is InChI=1S/C22H22N2O3/c1-14-19(22(3)11-10-21(14,2)27-22)20(26)24(13-25)18-9-8-15(12-23)16-6-4-5-7-17(16)18/h4-9,13-14,19H,10-11H2,1-3H3/t14-,19-,21?,22?/m0/s1. The number of imide groups is 1. The second kappa shape index (κ2) is 5.90. The summed E-state index contributed by atoms with van der Waals surface area (Å²) >= 11 is 0. The van der Waals surface area contributed by atoms with Crippen LogP contribution in [0, 0.1) is 23.2 Å². The second-order valence-corrected chi connectivity index (χ2v) is 8.10. The number of nitrogens with zero attached hydrogens (tertiary/aromatic N) is 2. The van der Waals surface area contributed by atoms with Gasteiger partial charge in [0.05, 0.1) is 34.4 Å². The molecule has 2 saturated heterocycles. The molecule has 0 radical (unpaired) electrons. The zero-order valence-corrected chi connectivity index (χ0v) is 15.7. The summed E-state index contributed by atoms with van der Waals surface area (Å²) in [7, 11) is 0. The Balaban J connectivity index is 1.80. The molecule has 2 bridgehead atoms. The summed E-state index contributed by atoms with van der Waals surface area (Å²) in [6, 6.07) is 12.8. The second-order valence-electron chi connectivity index (χ2n) is 8.10. The van der Waals surface area contributed by atoms with Gasteiger partial charge in [-0.3, -0.25) is 14.5 Å². The van der Waals surface area contributed by atoms with E-state index in [0.29, 0.717) is 23.0 Å². The van der Waals surface area contributed by atoms with Crippen LogP contribution in [0.1, 0.15) is 39.2 Å². The van der Waals surface area contributed by atoms with Crippen LogP contribution in [-0.2, 0) is 14.3 Å². The van der Waals surface area contributed by atoms with E-state index < -0.39 is 5.60 Å². The van der Waals surface area contributed by atoms with Crippen LogP contribution >= 0.6 is 0 Å². The molecule has 5 heteroatoms. The van der Waals surface area contributed by atoms with E-state index in [2.05, 4.69) is 13.0 Å². The topological polar surface area (TPSA) is 70.4 Å². The van der Waals surface area contributed by atoms with Gasteiger partial charge in [0.25, 0.3) is 0 Å². The number of benzene rings is 2. The summed E-state index contributed by atoms with van der Waals surface area (Å²) in [6.45, 7) is 6.07. The van der Waals surface area contributed by atoms with Crippen molar-refractivity contribution in [1.29, 1.82) is 5.26 Å². The Morgan fingerprint density at radius 1 is 1.19 bits per heavy atom. The number of nitriles is 1. The summed E-state index contributed by atoms with van der Waals surface area (Å²) in [5.74, 6) is -0.593. The van der Waals surface area contributed by atoms with E-state index in [9.17, 15) is 14.9 Å². The van der Waals surface area contributed by atoms with Gasteiger partial charge in [-0.25, -0.2) is 0 Å². The first-order chi connectivity index (χ1) is 12.8. The number of fused-ring (bicyclic) bond motifs is 3. The molecule has 2 aliphatic rings. The highest BCUT2D eigenvalue weighted by atomic mass is 16.5. The first-order valence-electron chi connectivity index (χ1n) is 9.25. The molecule has 2 fully saturated rings. The Morgan fingerprint density at radius 2 is 1.85 bits per heavy atom. The molecule has 2 heterocycles. The number of anilines is 1. The third kappa shape index (κ3) is 2.40. The van der Waals surface area contributed by atoms with Crippen LogP contribution in [0.5, 0.6) is 0 Å². The van der Waals surface area contributed by atoms with Gasteiger partial charge in [-0.05, 0) is 44.7 Å². The third-order valence-corrected chi connectivity index (χ3v) is 6.60. The van der Waals surface area contributed by atoms with Gasteiger partial charge >= 0.3 is 0 Å². The average molecular weight is 362 g/mol. The van der Waals surface area contributed by atoms with Crippen LogP contribution < -0.4 is 4.90 Å². The Morgan fingerprint density at radius 3 is 2.44 bits per heavy atom. The average Bonchev–Trinajstić information content (AvgIpc) is 3.08. The summed E-state index contributed by atoms with van der Waals surface area (Å²) in [5, 5.41) is 10.8. The lowest BCUT2D eigenvalue weighted by Crippen LogP contribution is -2.48. The van der Waals surface area contributed by atoms with E-state index in [1.807, 2.05) is 38.1 Å². The quantitative estimate of drug-likeness (QED) is 0.779. The van der Waals surface area contributed by atoms with Crippen LogP contribution in [0.2, 0.25) is 0 Å². The van der Waals surface area contributed by atoms with Crippen molar-refractivity contribution in [2.75, 3.05) is 4.90 Å². The zero-order chi connectivity index (χ0) is 19.4. The van der Waals surface area contributed by atoms with Gasteiger partial charge in [0.1, 0.15) is 0 Å². The number of ether oxygens (including phenoxy) is 1. The predicted molar refractivity (Wildman–Crippen MR) is 102 cm³/mol.